The number of nitrogens with zero attached hydrogens (tertiary/aromatic N) is 2. The molecule has 9 nitrogen and oxygen atoms in total. The van der Waals surface area contributed by atoms with Crippen LogP contribution in [0.25, 0.3) is 11.3 Å². The monoisotopic (exact) mass is 476 g/mol. The van der Waals surface area contributed by atoms with Crippen LogP contribution >= 0.6 is 0 Å². The predicted octanol–water partition coefficient (Wildman–Crippen LogP) is 2.86. The maximum Gasteiger partial charge on any atom is 0.271 e. The third-order valence-corrected chi connectivity index (χ3v) is 7.24. The first kappa shape index (κ1) is 26.6. The summed E-state index contributed by atoms with van der Waals surface area (Å²) in [5.41, 5.74) is 3.20. The fourth-order valence-corrected chi connectivity index (χ4v) is 4.92. The average Bonchev–Trinajstić information content (AvgIpc) is 2.89. The fourth-order valence-electron chi connectivity index (χ4n) is 3.34. The summed E-state index contributed by atoms with van der Waals surface area (Å²) in [6.45, 7) is 7.24. The molecule has 33 heavy (non-hydrogen) atoms. The van der Waals surface area contributed by atoms with E-state index >= 15 is 0 Å². The van der Waals surface area contributed by atoms with Crippen molar-refractivity contribution in [3.05, 3.63) is 42.4 Å². The smallest absolute Gasteiger partial charge is 0.271 e. The number of hydrogen-bond donors (Lipinski definition) is 3. The Labute approximate surface area is 196 Å². The molecule has 1 saturated heterocycles. The molecule has 0 aliphatic carbocycles. The number of ether oxygens (including phenoxy) is 1. The maximum absolute atomic E-state index is 13.2. The first-order valence-electron chi connectivity index (χ1n) is 11.2. The van der Waals surface area contributed by atoms with E-state index in [9.17, 15) is 13.8 Å². The summed E-state index contributed by atoms with van der Waals surface area (Å²) in [4.78, 5) is 33.3. The van der Waals surface area contributed by atoms with E-state index in [0.717, 1.165) is 18.4 Å². The minimum Gasteiger partial charge on any atom is -0.381 e. The summed E-state index contributed by atoms with van der Waals surface area (Å²) in [7, 11) is -1.68. The van der Waals surface area contributed by atoms with Crippen LogP contribution in [0.3, 0.4) is 0 Å². The summed E-state index contributed by atoms with van der Waals surface area (Å²) < 4.78 is 17.3. The largest absolute Gasteiger partial charge is 0.381 e. The van der Waals surface area contributed by atoms with Gasteiger partial charge in [0.05, 0.1) is 28.9 Å². The molecule has 3 rings (SSSR count). The lowest BCUT2D eigenvalue weighted by Crippen LogP contribution is -2.52. The number of carbonyl (C=O) groups excluding carboxylic acids is 2. The number of nitrogens with one attached hydrogen (secondary N) is 2. The van der Waals surface area contributed by atoms with Gasteiger partial charge in [-0.15, -0.1) is 0 Å². The van der Waals surface area contributed by atoms with E-state index in [1.54, 1.807) is 29.7 Å². The maximum atomic E-state index is 13.2. The molecule has 0 radical (unpaired) electrons. The molecule has 3 N–H and O–H groups in total. The van der Waals surface area contributed by atoms with E-state index in [1.807, 2.05) is 20.8 Å². The molecular weight excluding hydrogens is 444 g/mol. The Bertz CT molecular complexity index is 929. The van der Waals surface area contributed by atoms with Crippen molar-refractivity contribution in [2.24, 2.45) is 0 Å². The lowest BCUT2D eigenvalue weighted by molar-refractivity contribution is -0.134. The highest BCUT2D eigenvalue weighted by molar-refractivity contribution is 7.87. The summed E-state index contributed by atoms with van der Waals surface area (Å²) in [5, 5.41) is 11.9. The van der Waals surface area contributed by atoms with Crippen molar-refractivity contribution in [2.75, 3.05) is 19.8 Å². The van der Waals surface area contributed by atoms with Crippen LogP contribution in [-0.2, 0) is 20.3 Å². The zero-order valence-corrected chi connectivity index (χ0v) is 20.1. The molecule has 2 heterocycles. The van der Waals surface area contributed by atoms with E-state index in [0.29, 0.717) is 30.3 Å². The number of aromatic nitrogens is 2. The quantitative estimate of drug-likeness (QED) is 0.303. The van der Waals surface area contributed by atoms with Gasteiger partial charge in [0, 0.05) is 30.2 Å². The summed E-state index contributed by atoms with van der Waals surface area (Å²) in [6.07, 6.45) is 5.33. The van der Waals surface area contributed by atoms with Crippen LogP contribution in [0.15, 0.2) is 41.6 Å². The topological polar surface area (TPSA) is 131 Å². The minimum absolute atomic E-state index is 0.244. The normalized spacial score (nSPS) is 15.5. The molecule has 1 aliphatic rings. The summed E-state index contributed by atoms with van der Waals surface area (Å²) in [6, 6.07) is 6.81. The van der Waals surface area contributed by atoms with E-state index in [1.165, 1.54) is 12.4 Å². The molecule has 180 valence electrons. The van der Waals surface area contributed by atoms with Gasteiger partial charge >= 0.3 is 0 Å². The molecule has 1 atom stereocenters. The third-order valence-electron chi connectivity index (χ3n) is 5.24. The molecule has 2 amide bonds. The van der Waals surface area contributed by atoms with Crippen molar-refractivity contribution in [3.63, 3.8) is 0 Å². The molecule has 10 heteroatoms. The van der Waals surface area contributed by atoms with Crippen LogP contribution in [0, 0.1) is 0 Å². The van der Waals surface area contributed by atoms with Crippen molar-refractivity contribution in [1.82, 2.24) is 20.8 Å². The van der Waals surface area contributed by atoms with Crippen LogP contribution in [-0.4, -0.2) is 55.7 Å². The molecule has 2 aromatic rings. The van der Waals surface area contributed by atoms with Crippen LogP contribution in [0.5, 0.6) is 0 Å². The Kier molecular flexibility index (Phi) is 10.6. The Morgan fingerprint density at radius 3 is 2.33 bits per heavy atom. The molecule has 1 fully saturated rings. The number of carbonyl (C=O) groups is 2. The first-order chi connectivity index (χ1) is 16.0. The van der Waals surface area contributed by atoms with Gasteiger partial charge < -0.3 is 10.1 Å². The average molecular weight is 477 g/mol. The highest BCUT2D eigenvalue weighted by Crippen LogP contribution is 2.32. The van der Waals surface area contributed by atoms with Gasteiger partial charge in [-0.1, -0.05) is 39.3 Å². The van der Waals surface area contributed by atoms with Gasteiger partial charge in [-0.05, 0) is 31.4 Å². The van der Waals surface area contributed by atoms with E-state index in [4.69, 9.17) is 9.94 Å². The van der Waals surface area contributed by atoms with Gasteiger partial charge in [-0.2, -0.15) is 0 Å². The molecule has 0 spiro atoms. The molecule has 1 aliphatic heterocycles. The lowest BCUT2D eigenvalue weighted by Gasteiger charge is -2.33. The summed E-state index contributed by atoms with van der Waals surface area (Å²) in [5.74, 6) is -0.931. The van der Waals surface area contributed by atoms with Gasteiger partial charge in [0.2, 0.25) is 0 Å². The van der Waals surface area contributed by atoms with Gasteiger partial charge in [-0.3, -0.25) is 24.0 Å². The van der Waals surface area contributed by atoms with Gasteiger partial charge in [0.25, 0.3) is 11.8 Å². The number of hydrogen-bond acceptors (Lipinski definition) is 7. The number of unbranched alkanes of at least 4 members (excludes halogenated alkanes) is 1. The Hall–Kier alpha value is -2.69. The second-order valence-electron chi connectivity index (χ2n) is 7.24. The lowest BCUT2D eigenvalue weighted by atomic mass is 9.98. The molecule has 1 aromatic heterocycles. The van der Waals surface area contributed by atoms with E-state index < -0.39 is 21.5 Å². The zero-order valence-electron chi connectivity index (χ0n) is 19.3. The van der Waals surface area contributed by atoms with Gasteiger partial charge in [0.1, 0.15) is 10.4 Å². The number of rotatable bonds is 8. The second kappa shape index (κ2) is 13.1. The summed E-state index contributed by atoms with van der Waals surface area (Å²) >= 11 is 0. The van der Waals surface area contributed by atoms with Crippen LogP contribution in [0.1, 0.15) is 56.9 Å². The van der Waals surface area contributed by atoms with Crippen LogP contribution in [0.2, 0.25) is 0 Å². The van der Waals surface area contributed by atoms with Crippen molar-refractivity contribution < 1.29 is 23.7 Å². The Balaban J connectivity index is 0.00000187. The number of hydroxylamine groups is 1. The van der Waals surface area contributed by atoms with Gasteiger partial charge in [0.15, 0.2) is 0 Å². The van der Waals surface area contributed by atoms with Crippen LogP contribution < -0.4 is 10.8 Å². The van der Waals surface area contributed by atoms with Crippen molar-refractivity contribution in [1.29, 1.82) is 0 Å². The Morgan fingerprint density at radius 1 is 1.12 bits per heavy atom. The first-order valence-corrected chi connectivity index (χ1v) is 12.3. The molecule has 1 aromatic carbocycles. The fraction of sp³-hybridized carbons (Fsp3) is 0.478. The van der Waals surface area contributed by atoms with Crippen molar-refractivity contribution in [3.8, 4) is 11.3 Å². The van der Waals surface area contributed by atoms with E-state index in [-0.39, 0.29) is 24.4 Å². The van der Waals surface area contributed by atoms with Crippen molar-refractivity contribution in [2.45, 2.75) is 56.1 Å². The van der Waals surface area contributed by atoms with Crippen molar-refractivity contribution >= 4 is 22.6 Å². The zero-order chi connectivity index (χ0) is 24.3. The number of amides is 2. The SMILES string of the molecule is CC.CCCCNC(=O)c1cnc(-c2ccc(S(=O)C3(C(=O)NO)CCOCC3)cc2)cn1. The van der Waals surface area contributed by atoms with Gasteiger partial charge in [-0.25, -0.2) is 10.5 Å². The molecule has 0 saturated carbocycles. The Morgan fingerprint density at radius 2 is 1.79 bits per heavy atom. The van der Waals surface area contributed by atoms with E-state index in [2.05, 4.69) is 15.3 Å². The standard InChI is InChI=1S/C21H26N4O5S.C2H6/c1-2-3-10-22-19(26)18-14-23-17(13-24-18)15-4-6-16(7-5-15)31(29)21(20(27)25-28)8-11-30-12-9-21;1-2/h4-7,13-14,28H,2-3,8-12H2,1H3,(H,22,26)(H,25,27);1-2H3. The minimum atomic E-state index is -1.68. The predicted molar refractivity (Wildman–Crippen MR) is 125 cm³/mol. The highest BCUT2D eigenvalue weighted by Gasteiger charge is 2.46. The highest BCUT2D eigenvalue weighted by atomic mass is 32.2. The van der Waals surface area contributed by atoms with Crippen LogP contribution in [0.4, 0.5) is 0 Å². The third kappa shape index (κ3) is 6.43. The number of benzene rings is 1. The molecule has 1 unspecified atom stereocenters. The second-order valence-corrected chi connectivity index (χ2v) is 9.03. The molecule has 0 bridgehead atoms. The molecular formula is C23H32N4O5S.